The third-order valence-electron chi connectivity index (χ3n) is 5.12. The molecule has 1 saturated heterocycles. The van der Waals surface area contributed by atoms with Crippen LogP contribution in [0.15, 0.2) is 42.5 Å². The Labute approximate surface area is 185 Å². The van der Waals surface area contributed by atoms with Gasteiger partial charge in [0.2, 0.25) is 17.7 Å². The quantitative estimate of drug-likeness (QED) is 0.477. The molecule has 1 aliphatic rings. The van der Waals surface area contributed by atoms with Crippen molar-refractivity contribution in [1.29, 1.82) is 0 Å². The number of nitrogens with zero attached hydrogens (tertiary/aromatic N) is 2. The molecule has 10 nitrogen and oxygen atoms in total. The molecular formula is C22H27N3O7. The van der Waals surface area contributed by atoms with Crippen LogP contribution in [0.2, 0.25) is 0 Å². The number of benzene rings is 1. The number of ether oxygens (including phenoxy) is 1. The molecule has 32 heavy (non-hydrogen) atoms. The number of unbranched alkanes of at least 4 members (excludes halogenated alkanes) is 1. The number of carbonyl (C=O) groups excluding carboxylic acids is 3. The predicted octanol–water partition coefficient (Wildman–Crippen LogP) is 1.94. The van der Waals surface area contributed by atoms with E-state index in [4.69, 9.17) is 9.57 Å². The zero-order valence-corrected chi connectivity index (χ0v) is 17.6. The standard InChI is InChI=1S/C22H27N3O7/c26-18-10-6-14-24(18)17(21(29)32-25-19(27)11-12-20(25)28)9-4-5-13-23-22(30)31-15-16-7-2-1-3-8-16/h1-3,7-8,11-12,17,27-28H,4-6,9-10,13-15H2,(H,23,30)/t17-/m0/s1. The fourth-order valence-corrected chi connectivity index (χ4v) is 3.47. The van der Waals surface area contributed by atoms with Gasteiger partial charge in [0.25, 0.3) is 0 Å². The molecule has 2 aromatic rings. The first kappa shape index (κ1) is 23.0. The van der Waals surface area contributed by atoms with Crippen molar-refractivity contribution in [3.8, 4) is 11.8 Å². The second kappa shape index (κ2) is 11.1. The van der Waals surface area contributed by atoms with Crippen molar-refractivity contribution in [3.05, 3.63) is 48.0 Å². The Hall–Kier alpha value is -3.69. The number of likely N-dealkylation sites (tertiary alicyclic amines) is 1. The smallest absolute Gasteiger partial charge is 0.407 e. The first-order chi connectivity index (χ1) is 15.5. The number of alkyl carbamates (subject to hydrolysis) is 1. The molecule has 0 saturated carbocycles. The molecule has 1 atom stereocenters. The molecule has 2 amide bonds. The highest BCUT2D eigenvalue weighted by Gasteiger charge is 2.34. The summed E-state index contributed by atoms with van der Waals surface area (Å²) in [5, 5.41) is 22.0. The van der Waals surface area contributed by atoms with Gasteiger partial charge in [0.15, 0.2) is 0 Å². The number of aromatic nitrogens is 1. The van der Waals surface area contributed by atoms with Gasteiger partial charge in [-0.3, -0.25) is 4.79 Å². The number of hydrogen-bond donors (Lipinski definition) is 3. The Kier molecular flexibility index (Phi) is 7.96. The van der Waals surface area contributed by atoms with Crippen molar-refractivity contribution in [1.82, 2.24) is 14.9 Å². The van der Waals surface area contributed by atoms with Crippen LogP contribution in [0.5, 0.6) is 11.8 Å². The van der Waals surface area contributed by atoms with E-state index in [9.17, 15) is 24.6 Å². The molecule has 1 aliphatic heterocycles. The van der Waals surface area contributed by atoms with Crippen LogP contribution in [0.3, 0.4) is 0 Å². The third-order valence-corrected chi connectivity index (χ3v) is 5.12. The first-order valence-electron chi connectivity index (χ1n) is 10.5. The molecule has 0 bridgehead atoms. The predicted molar refractivity (Wildman–Crippen MR) is 113 cm³/mol. The molecule has 0 unspecified atom stereocenters. The van der Waals surface area contributed by atoms with Crippen LogP contribution in [0.4, 0.5) is 4.79 Å². The van der Waals surface area contributed by atoms with Crippen LogP contribution >= 0.6 is 0 Å². The number of amides is 2. The summed E-state index contributed by atoms with van der Waals surface area (Å²) in [5.74, 6) is -1.76. The maximum absolute atomic E-state index is 12.7. The average molecular weight is 445 g/mol. The minimum absolute atomic E-state index is 0.143. The summed E-state index contributed by atoms with van der Waals surface area (Å²) in [6.45, 7) is 0.964. The fraction of sp³-hybridized carbons (Fsp3) is 0.409. The fourth-order valence-electron chi connectivity index (χ4n) is 3.47. The van der Waals surface area contributed by atoms with Crippen molar-refractivity contribution < 1.29 is 34.2 Å². The maximum Gasteiger partial charge on any atom is 0.407 e. The van der Waals surface area contributed by atoms with Gasteiger partial charge in [0, 0.05) is 31.6 Å². The summed E-state index contributed by atoms with van der Waals surface area (Å²) in [6, 6.07) is 10.8. The molecule has 0 spiro atoms. The van der Waals surface area contributed by atoms with Crippen molar-refractivity contribution in [2.24, 2.45) is 0 Å². The van der Waals surface area contributed by atoms with E-state index in [1.165, 1.54) is 17.0 Å². The van der Waals surface area contributed by atoms with Crippen LogP contribution in [0.25, 0.3) is 0 Å². The van der Waals surface area contributed by atoms with E-state index in [0.29, 0.717) is 49.9 Å². The van der Waals surface area contributed by atoms with E-state index < -0.39 is 29.9 Å². The lowest BCUT2D eigenvalue weighted by Crippen LogP contribution is -2.45. The van der Waals surface area contributed by atoms with E-state index in [-0.39, 0.29) is 12.5 Å². The molecular weight excluding hydrogens is 418 g/mol. The minimum atomic E-state index is -0.851. The van der Waals surface area contributed by atoms with Gasteiger partial charge in [0.1, 0.15) is 12.6 Å². The van der Waals surface area contributed by atoms with Crippen molar-refractivity contribution in [2.75, 3.05) is 13.1 Å². The van der Waals surface area contributed by atoms with Gasteiger partial charge in [-0.05, 0) is 31.2 Å². The van der Waals surface area contributed by atoms with Crippen LogP contribution in [0, 0.1) is 0 Å². The van der Waals surface area contributed by atoms with Crippen molar-refractivity contribution in [2.45, 2.75) is 44.8 Å². The summed E-state index contributed by atoms with van der Waals surface area (Å²) in [6.07, 6.45) is 1.89. The van der Waals surface area contributed by atoms with E-state index in [1.54, 1.807) is 0 Å². The van der Waals surface area contributed by atoms with E-state index in [0.717, 1.165) is 5.56 Å². The molecule has 1 aromatic carbocycles. The highest BCUT2D eigenvalue weighted by molar-refractivity contribution is 5.86. The van der Waals surface area contributed by atoms with Gasteiger partial charge in [-0.2, -0.15) is 0 Å². The molecule has 172 valence electrons. The number of hydrogen-bond acceptors (Lipinski definition) is 7. The Bertz CT molecular complexity index is 909. The number of rotatable bonds is 10. The van der Waals surface area contributed by atoms with Crippen LogP contribution in [-0.2, 0) is 20.9 Å². The van der Waals surface area contributed by atoms with Crippen molar-refractivity contribution in [3.63, 3.8) is 0 Å². The van der Waals surface area contributed by atoms with Gasteiger partial charge in [0.05, 0.1) is 0 Å². The third kappa shape index (κ3) is 6.16. The van der Waals surface area contributed by atoms with Gasteiger partial charge in [-0.1, -0.05) is 30.3 Å². The summed E-state index contributed by atoms with van der Waals surface area (Å²) >= 11 is 0. The molecule has 0 radical (unpaired) electrons. The molecule has 3 N–H and O–H groups in total. The molecule has 3 rings (SSSR count). The number of nitrogens with one attached hydrogen (secondary N) is 1. The summed E-state index contributed by atoms with van der Waals surface area (Å²) in [7, 11) is 0. The highest BCUT2D eigenvalue weighted by atomic mass is 16.7. The highest BCUT2D eigenvalue weighted by Crippen LogP contribution is 2.22. The number of carbonyl (C=O) groups is 3. The zero-order valence-electron chi connectivity index (χ0n) is 17.6. The van der Waals surface area contributed by atoms with Crippen LogP contribution in [-0.4, -0.2) is 56.9 Å². The largest absolute Gasteiger partial charge is 0.492 e. The Balaban J connectivity index is 1.45. The topological polar surface area (TPSA) is 130 Å². The molecule has 2 heterocycles. The molecule has 1 aromatic heterocycles. The SMILES string of the molecule is O=C(NCCCC[C@@H](C(=O)On1c(O)ccc1O)N1CCCC1=O)OCc1ccccc1. The van der Waals surface area contributed by atoms with E-state index >= 15 is 0 Å². The maximum atomic E-state index is 12.7. The first-order valence-corrected chi connectivity index (χ1v) is 10.5. The second-order valence-corrected chi connectivity index (χ2v) is 7.45. The Morgan fingerprint density at radius 3 is 2.44 bits per heavy atom. The van der Waals surface area contributed by atoms with Gasteiger partial charge in [-0.15, -0.1) is 4.73 Å². The second-order valence-electron chi connectivity index (χ2n) is 7.45. The summed E-state index contributed by atoms with van der Waals surface area (Å²) < 4.78 is 5.75. The summed E-state index contributed by atoms with van der Waals surface area (Å²) in [5.41, 5.74) is 0.888. The average Bonchev–Trinajstić information content (AvgIpc) is 3.35. The summed E-state index contributed by atoms with van der Waals surface area (Å²) in [4.78, 5) is 43.2. The lowest BCUT2D eigenvalue weighted by Gasteiger charge is -2.26. The molecule has 1 fully saturated rings. The normalized spacial score (nSPS) is 14.2. The van der Waals surface area contributed by atoms with E-state index in [1.807, 2.05) is 30.3 Å². The lowest BCUT2D eigenvalue weighted by atomic mass is 10.1. The minimum Gasteiger partial charge on any atom is -0.492 e. The number of aromatic hydroxyl groups is 2. The van der Waals surface area contributed by atoms with Crippen LogP contribution < -0.4 is 10.2 Å². The molecule has 10 heteroatoms. The van der Waals surface area contributed by atoms with Gasteiger partial charge in [-0.25, -0.2) is 9.59 Å². The Morgan fingerprint density at radius 2 is 1.78 bits per heavy atom. The monoisotopic (exact) mass is 445 g/mol. The van der Waals surface area contributed by atoms with Gasteiger partial charge >= 0.3 is 12.1 Å². The van der Waals surface area contributed by atoms with Crippen molar-refractivity contribution >= 4 is 18.0 Å². The van der Waals surface area contributed by atoms with Gasteiger partial charge < -0.3 is 30.0 Å². The Morgan fingerprint density at radius 1 is 1.06 bits per heavy atom. The molecule has 0 aliphatic carbocycles. The lowest BCUT2D eigenvalue weighted by molar-refractivity contribution is -0.155. The van der Waals surface area contributed by atoms with E-state index in [2.05, 4.69) is 5.32 Å². The van der Waals surface area contributed by atoms with Crippen LogP contribution in [0.1, 0.15) is 37.7 Å². The zero-order chi connectivity index (χ0) is 22.9.